The maximum Gasteiger partial charge on any atom is 0.292 e. The number of rotatable bonds is 6. The van der Waals surface area contributed by atoms with E-state index in [1.807, 2.05) is 12.1 Å². The van der Waals surface area contributed by atoms with Crippen LogP contribution in [0.4, 0.5) is 22.7 Å². The molecule has 2 aromatic carbocycles. The molecule has 0 fully saturated rings. The van der Waals surface area contributed by atoms with Gasteiger partial charge in [-0.05, 0) is 35.7 Å². The van der Waals surface area contributed by atoms with Crippen LogP contribution in [0.1, 0.15) is 6.42 Å². The summed E-state index contributed by atoms with van der Waals surface area (Å²) in [5, 5.41) is 14.1. The van der Waals surface area contributed by atoms with Crippen molar-refractivity contribution in [3.63, 3.8) is 0 Å². The van der Waals surface area contributed by atoms with Gasteiger partial charge in [-0.3, -0.25) is 10.1 Å². The van der Waals surface area contributed by atoms with E-state index in [-0.39, 0.29) is 11.4 Å². The number of nitro benzene ring substituents is 1. The average Bonchev–Trinajstić information content (AvgIpc) is 2.49. The molecule has 2 aromatic rings. The molecule has 0 heterocycles. The molecule has 0 unspecified atom stereocenters. The highest BCUT2D eigenvalue weighted by atomic mass is 35.5. The lowest BCUT2D eigenvalue weighted by Crippen LogP contribution is -2.04. The Morgan fingerprint density at radius 1 is 1.09 bits per heavy atom. The van der Waals surface area contributed by atoms with Crippen molar-refractivity contribution < 1.29 is 4.92 Å². The Balaban J connectivity index is 2.28. The highest BCUT2D eigenvalue weighted by molar-refractivity contribution is 6.17. The van der Waals surface area contributed by atoms with E-state index in [0.29, 0.717) is 17.1 Å². The molecule has 0 amide bonds. The molecule has 0 aliphatic rings. The predicted molar refractivity (Wildman–Crippen MR) is 91.2 cm³/mol. The Kier molecular flexibility index (Phi) is 5.06. The molecule has 0 aromatic heterocycles. The summed E-state index contributed by atoms with van der Waals surface area (Å²) in [6.07, 6.45) is 0.840. The second-order valence-corrected chi connectivity index (χ2v) is 5.18. The number of hydrogen-bond donors (Lipinski definition) is 3. The molecule has 116 valence electrons. The third-order valence-corrected chi connectivity index (χ3v) is 3.51. The zero-order valence-corrected chi connectivity index (χ0v) is 12.6. The third kappa shape index (κ3) is 3.59. The number of nitrogens with two attached hydrogens (primary N) is 2. The fourth-order valence-corrected chi connectivity index (χ4v) is 2.21. The van der Waals surface area contributed by atoms with Crippen molar-refractivity contribution in [1.82, 2.24) is 0 Å². The number of benzene rings is 2. The van der Waals surface area contributed by atoms with E-state index >= 15 is 0 Å². The van der Waals surface area contributed by atoms with Crippen molar-refractivity contribution in [2.45, 2.75) is 6.42 Å². The SMILES string of the molecule is Nc1cc(-c2ccc(N)c([N+](=O)[O-])c2)ccc1NCCCCl. The lowest BCUT2D eigenvalue weighted by molar-refractivity contribution is -0.383. The molecule has 6 nitrogen and oxygen atoms in total. The lowest BCUT2D eigenvalue weighted by Gasteiger charge is -2.11. The minimum Gasteiger partial charge on any atom is -0.397 e. The van der Waals surface area contributed by atoms with Gasteiger partial charge in [-0.2, -0.15) is 0 Å². The molecular weight excluding hydrogens is 304 g/mol. The zero-order valence-electron chi connectivity index (χ0n) is 11.9. The summed E-state index contributed by atoms with van der Waals surface area (Å²) in [6, 6.07) is 10.2. The van der Waals surface area contributed by atoms with E-state index in [1.165, 1.54) is 12.1 Å². The third-order valence-electron chi connectivity index (χ3n) is 3.24. The van der Waals surface area contributed by atoms with E-state index in [4.69, 9.17) is 23.1 Å². The van der Waals surface area contributed by atoms with Crippen LogP contribution in [0.25, 0.3) is 11.1 Å². The summed E-state index contributed by atoms with van der Waals surface area (Å²) in [7, 11) is 0. The monoisotopic (exact) mass is 320 g/mol. The maximum absolute atomic E-state index is 11.0. The molecule has 0 radical (unpaired) electrons. The quantitative estimate of drug-likeness (QED) is 0.248. The Bertz CT molecular complexity index is 691. The van der Waals surface area contributed by atoms with Crippen LogP contribution in [0.5, 0.6) is 0 Å². The van der Waals surface area contributed by atoms with Gasteiger partial charge in [0.15, 0.2) is 0 Å². The van der Waals surface area contributed by atoms with Crippen LogP contribution in [0.15, 0.2) is 36.4 Å². The topological polar surface area (TPSA) is 107 Å². The molecule has 22 heavy (non-hydrogen) atoms. The van der Waals surface area contributed by atoms with E-state index in [0.717, 1.165) is 24.2 Å². The molecule has 7 heteroatoms. The lowest BCUT2D eigenvalue weighted by atomic mass is 10.0. The molecule has 0 aliphatic heterocycles. The minimum atomic E-state index is -0.496. The average molecular weight is 321 g/mol. The molecular formula is C15H17ClN4O2. The van der Waals surface area contributed by atoms with Gasteiger partial charge in [-0.1, -0.05) is 12.1 Å². The van der Waals surface area contributed by atoms with Gasteiger partial charge < -0.3 is 16.8 Å². The second-order valence-electron chi connectivity index (χ2n) is 4.80. The Morgan fingerprint density at radius 3 is 2.41 bits per heavy atom. The molecule has 0 aliphatic carbocycles. The molecule has 0 spiro atoms. The van der Waals surface area contributed by atoms with Gasteiger partial charge in [-0.15, -0.1) is 11.6 Å². The standard InChI is InChI=1S/C15H17ClN4O2/c16-6-1-7-19-14-5-3-10(8-13(14)18)11-2-4-12(17)15(9-11)20(21)22/h2-5,8-9,19H,1,6-7,17-18H2. The zero-order chi connectivity index (χ0) is 16.1. The Hall–Kier alpha value is -2.47. The van der Waals surface area contributed by atoms with Crippen LogP contribution < -0.4 is 16.8 Å². The summed E-state index contributed by atoms with van der Waals surface area (Å²) < 4.78 is 0. The van der Waals surface area contributed by atoms with Crippen LogP contribution in [-0.4, -0.2) is 17.3 Å². The highest BCUT2D eigenvalue weighted by Gasteiger charge is 2.13. The van der Waals surface area contributed by atoms with Crippen molar-refractivity contribution in [1.29, 1.82) is 0 Å². The van der Waals surface area contributed by atoms with Gasteiger partial charge in [0.25, 0.3) is 5.69 Å². The van der Waals surface area contributed by atoms with E-state index in [2.05, 4.69) is 5.32 Å². The Morgan fingerprint density at radius 2 is 1.77 bits per heavy atom. The largest absolute Gasteiger partial charge is 0.397 e. The van der Waals surface area contributed by atoms with Crippen molar-refractivity contribution in [3.05, 3.63) is 46.5 Å². The van der Waals surface area contributed by atoms with E-state index < -0.39 is 4.92 Å². The first kappa shape index (κ1) is 15.9. The van der Waals surface area contributed by atoms with Crippen LogP contribution in [0.3, 0.4) is 0 Å². The number of nitrogens with zero attached hydrogens (tertiary/aromatic N) is 1. The van der Waals surface area contributed by atoms with Gasteiger partial charge in [0.05, 0.1) is 16.3 Å². The van der Waals surface area contributed by atoms with Crippen molar-refractivity contribution in [2.24, 2.45) is 0 Å². The summed E-state index contributed by atoms with van der Waals surface area (Å²) in [5.74, 6) is 0.583. The molecule has 2 rings (SSSR count). The number of nitrogens with one attached hydrogen (secondary N) is 1. The molecule has 5 N–H and O–H groups in total. The summed E-state index contributed by atoms with van der Waals surface area (Å²) in [4.78, 5) is 10.5. The summed E-state index contributed by atoms with van der Waals surface area (Å²) in [6.45, 7) is 0.736. The first-order valence-electron chi connectivity index (χ1n) is 6.76. The summed E-state index contributed by atoms with van der Waals surface area (Å²) >= 11 is 5.63. The number of nitro groups is 1. The summed E-state index contributed by atoms with van der Waals surface area (Å²) in [5.41, 5.74) is 14.5. The minimum absolute atomic E-state index is 0.111. The Labute approximate surface area is 133 Å². The van der Waals surface area contributed by atoms with Crippen LogP contribution in [0.2, 0.25) is 0 Å². The normalized spacial score (nSPS) is 10.4. The van der Waals surface area contributed by atoms with Gasteiger partial charge in [0, 0.05) is 18.5 Å². The maximum atomic E-state index is 11.0. The van der Waals surface area contributed by atoms with Gasteiger partial charge in [0.1, 0.15) is 5.69 Å². The van der Waals surface area contributed by atoms with E-state index in [1.54, 1.807) is 12.1 Å². The number of halogens is 1. The fourth-order valence-electron chi connectivity index (χ4n) is 2.07. The second kappa shape index (κ2) is 7.00. The predicted octanol–water partition coefficient (Wildman–Crippen LogP) is 3.47. The van der Waals surface area contributed by atoms with Crippen LogP contribution in [0, 0.1) is 10.1 Å². The van der Waals surface area contributed by atoms with E-state index in [9.17, 15) is 10.1 Å². The molecule has 0 atom stereocenters. The number of nitrogen functional groups attached to an aromatic ring is 2. The number of anilines is 3. The fraction of sp³-hybridized carbons (Fsp3) is 0.200. The van der Waals surface area contributed by atoms with Crippen LogP contribution >= 0.6 is 11.6 Å². The van der Waals surface area contributed by atoms with Gasteiger partial charge in [-0.25, -0.2) is 0 Å². The van der Waals surface area contributed by atoms with Gasteiger partial charge in [0.2, 0.25) is 0 Å². The first-order valence-corrected chi connectivity index (χ1v) is 7.30. The number of alkyl halides is 1. The smallest absolute Gasteiger partial charge is 0.292 e. The van der Waals surface area contributed by atoms with Crippen molar-refractivity contribution >= 4 is 34.4 Å². The highest BCUT2D eigenvalue weighted by Crippen LogP contribution is 2.31. The van der Waals surface area contributed by atoms with Crippen molar-refractivity contribution in [2.75, 3.05) is 29.2 Å². The molecule has 0 saturated heterocycles. The van der Waals surface area contributed by atoms with Crippen molar-refractivity contribution in [3.8, 4) is 11.1 Å². The first-order chi connectivity index (χ1) is 10.5. The molecule has 0 bridgehead atoms. The van der Waals surface area contributed by atoms with Crippen LogP contribution in [-0.2, 0) is 0 Å². The van der Waals surface area contributed by atoms with Gasteiger partial charge >= 0.3 is 0 Å². The number of hydrogen-bond acceptors (Lipinski definition) is 5. The molecule has 0 saturated carbocycles.